The molecule has 94 valence electrons. The van der Waals surface area contributed by atoms with Gasteiger partial charge in [0, 0.05) is 0 Å². The molecular formula is C14H21NO2. The maximum absolute atomic E-state index is 12.1. The molecule has 0 amide bonds. The zero-order valence-electron chi connectivity index (χ0n) is 11.3. The molecule has 0 aliphatic heterocycles. The Morgan fingerprint density at radius 1 is 1.29 bits per heavy atom. The van der Waals surface area contributed by atoms with Crippen molar-refractivity contribution in [1.29, 1.82) is 0 Å². The summed E-state index contributed by atoms with van der Waals surface area (Å²) in [7, 11) is 1.62. The van der Waals surface area contributed by atoms with Gasteiger partial charge in [0.05, 0.1) is 19.2 Å². The monoisotopic (exact) mass is 235 g/mol. The minimum absolute atomic E-state index is 0.0873. The summed E-state index contributed by atoms with van der Waals surface area (Å²) in [5, 5.41) is 3.05. The predicted molar refractivity (Wildman–Crippen MR) is 70.1 cm³/mol. The summed E-state index contributed by atoms with van der Waals surface area (Å²) in [6.07, 6.45) is 0. The maximum atomic E-state index is 12.1. The van der Waals surface area contributed by atoms with Gasteiger partial charge in [-0.2, -0.15) is 0 Å². The van der Waals surface area contributed by atoms with Gasteiger partial charge >= 0.3 is 0 Å². The normalized spacial score (nSPS) is 10.4. The number of carbonyl (C=O) groups is 1. The molecule has 1 N–H and O–H groups in total. The molecule has 0 fully saturated rings. The molecule has 0 aromatic heterocycles. The number of methoxy groups -OCH3 is 1. The third kappa shape index (κ3) is 2.86. The largest absolute Gasteiger partial charge is 0.496 e. The fourth-order valence-electron chi connectivity index (χ4n) is 1.98. The first kappa shape index (κ1) is 13.7. The van der Waals surface area contributed by atoms with Crippen molar-refractivity contribution < 1.29 is 9.53 Å². The Morgan fingerprint density at radius 3 is 2.47 bits per heavy atom. The van der Waals surface area contributed by atoms with Crippen molar-refractivity contribution in [3.8, 4) is 5.75 Å². The van der Waals surface area contributed by atoms with Crippen molar-refractivity contribution in [1.82, 2.24) is 5.32 Å². The average molecular weight is 235 g/mol. The van der Waals surface area contributed by atoms with Gasteiger partial charge in [0.15, 0.2) is 5.78 Å². The van der Waals surface area contributed by atoms with E-state index in [1.165, 1.54) is 0 Å². The summed E-state index contributed by atoms with van der Waals surface area (Å²) in [4.78, 5) is 12.1. The van der Waals surface area contributed by atoms with Crippen molar-refractivity contribution in [3.63, 3.8) is 0 Å². The molecule has 1 aromatic rings. The Balaban J connectivity index is 3.22. The zero-order chi connectivity index (χ0) is 13.0. The standard InChI is InChI=1S/C14H21NO2/c1-6-15-8-12(16)13-10(3)7-9(2)11(4)14(13)17-5/h7,15H,6,8H2,1-5H3. The third-order valence-corrected chi connectivity index (χ3v) is 3.01. The summed E-state index contributed by atoms with van der Waals surface area (Å²) < 4.78 is 5.39. The Bertz CT molecular complexity index is 425. The van der Waals surface area contributed by atoms with E-state index in [9.17, 15) is 4.79 Å². The SMILES string of the molecule is CCNCC(=O)c1c(C)cc(C)c(C)c1OC. The van der Waals surface area contributed by atoms with Crippen LogP contribution in [0.25, 0.3) is 0 Å². The first-order valence-electron chi connectivity index (χ1n) is 5.91. The molecule has 0 aliphatic carbocycles. The highest BCUT2D eigenvalue weighted by Gasteiger charge is 2.18. The summed E-state index contributed by atoms with van der Waals surface area (Å²) in [5.41, 5.74) is 3.88. The van der Waals surface area contributed by atoms with Crippen LogP contribution in [-0.4, -0.2) is 26.0 Å². The van der Waals surface area contributed by atoms with E-state index in [2.05, 4.69) is 5.32 Å². The Morgan fingerprint density at radius 2 is 1.94 bits per heavy atom. The molecule has 0 radical (unpaired) electrons. The van der Waals surface area contributed by atoms with Gasteiger partial charge in [-0.3, -0.25) is 4.79 Å². The van der Waals surface area contributed by atoms with Gasteiger partial charge in [-0.1, -0.05) is 13.0 Å². The van der Waals surface area contributed by atoms with Gasteiger partial charge in [0.1, 0.15) is 5.75 Å². The second kappa shape index (κ2) is 5.82. The molecule has 0 spiro atoms. The highest BCUT2D eigenvalue weighted by atomic mass is 16.5. The Labute approximate surface area is 103 Å². The quantitative estimate of drug-likeness (QED) is 0.796. The molecule has 0 aliphatic rings. The van der Waals surface area contributed by atoms with Crippen molar-refractivity contribution in [2.75, 3.05) is 20.2 Å². The lowest BCUT2D eigenvalue weighted by atomic mass is 9.96. The van der Waals surface area contributed by atoms with Crippen LogP contribution in [0, 0.1) is 20.8 Å². The molecule has 0 unspecified atom stereocenters. The number of hydrogen-bond donors (Lipinski definition) is 1. The molecule has 3 nitrogen and oxygen atoms in total. The lowest BCUT2D eigenvalue weighted by Crippen LogP contribution is -2.23. The first-order chi connectivity index (χ1) is 8.02. The second-order valence-electron chi connectivity index (χ2n) is 4.25. The third-order valence-electron chi connectivity index (χ3n) is 3.01. The topological polar surface area (TPSA) is 38.3 Å². The number of nitrogens with one attached hydrogen (secondary N) is 1. The number of carbonyl (C=O) groups excluding carboxylic acids is 1. The predicted octanol–water partition coefficient (Wildman–Crippen LogP) is 2.41. The summed E-state index contributed by atoms with van der Waals surface area (Å²) in [6, 6.07) is 2.04. The number of hydrogen-bond acceptors (Lipinski definition) is 3. The van der Waals surface area contributed by atoms with Crippen LogP contribution >= 0.6 is 0 Å². The maximum Gasteiger partial charge on any atom is 0.180 e. The van der Waals surface area contributed by atoms with Crippen LogP contribution in [0.4, 0.5) is 0 Å². The fraction of sp³-hybridized carbons (Fsp3) is 0.500. The van der Waals surface area contributed by atoms with Crippen LogP contribution in [0.2, 0.25) is 0 Å². The number of benzene rings is 1. The minimum atomic E-state index is 0.0873. The van der Waals surface area contributed by atoms with E-state index in [0.717, 1.165) is 23.2 Å². The zero-order valence-corrected chi connectivity index (χ0v) is 11.3. The van der Waals surface area contributed by atoms with Crippen molar-refractivity contribution in [2.45, 2.75) is 27.7 Å². The smallest absolute Gasteiger partial charge is 0.180 e. The van der Waals surface area contributed by atoms with Gasteiger partial charge in [0.2, 0.25) is 0 Å². The van der Waals surface area contributed by atoms with Gasteiger partial charge < -0.3 is 10.1 Å². The summed E-state index contributed by atoms with van der Waals surface area (Å²) in [6.45, 7) is 9.10. The molecule has 0 heterocycles. The van der Waals surface area contributed by atoms with E-state index in [4.69, 9.17) is 4.74 Å². The number of aryl methyl sites for hydroxylation is 2. The number of ketones is 1. The van der Waals surface area contributed by atoms with Crippen LogP contribution < -0.4 is 10.1 Å². The van der Waals surface area contributed by atoms with E-state index in [0.29, 0.717) is 17.9 Å². The number of Topliss-reactive ketones (excluding diaryl/α,β-unsaturated/α-hetero) is 1. The number of rotatable bonds is 5. The number of ether oxygens (including phenoxy) is 1. The van der Waals surface area contributed by atoms with E-state index in [-0.39, 0.29) is 5.78 Å². The Hall–Kier alpha value is -1.35. The van der Waals surface area contributed by atoms with Crippen molar-refractivity contribution in [3.05, 3.63) is 28.3 Å². The van der Waals surface area contributed by atoms with E-state index >= 15 is 0 Å². The highest BCUT2D eigenvalue weighted by molar-refractivity contribution is 6.02. The molecule has 17 heavy (non-hydrogen) atoms. The second-order valence-corrected chi connectivity index (χ2v) is 4.25. The molecular weight excluding hydrogens is 214 g/mol. The molecule has 0 saturated carbocycles. The van der Waals surface area contributed by atoms with Crippen LogP contribution in [0.1, 0.15) is 34.0 Å². The van der Waals surface area contributed by atoms with Gasteiger partial charge in [0.25, 0.3) is 0 Å². The van der Waals surface area contributed by atoms with E-state index in [1.807, 2.05) is 33.8 Å². The van der Waals surface area contributed by atoms with E-state index in [1.54, 1.807) is 7.11 Å². The highest BCUT2D eigenvalue weighted by Crippen LogP contribution is 2.29. The van der Waals surface area contributed by atoms with Crippen molar-refractivity contribution in [2.24, 2.45) is 0 Å². The Kier molecular flexibility index (Phi) is 4.70. The first-order valence-corrected chi connectivity index (χ1v) is 5.91. The lowest BCUT2D eigenvalue weighted by molar-refractivity contribution is 0.0988. The van der Waals surface area contributed by atoms with Gasteiger partial charge in [-0.25, -0.2) is 0 Å². The molecule has 0 atom stereocenters. The number of likely N-dealkylation sites (N-methyl/N-ethyl adjacent to an activating group) is 1. The molecule has 0 saturated heterocycles. The van der Waals surface area contributed by atoms with Gasteiger partial charge in [-0.15, -0.1) is 0 Å². The summed E-state index contributed by atoms with van der Waals surface area (Å²) in [5.74, 6) is 0.801. The summed E-state index contributed by atoms with van der Waals surface area (Å²) >= 11 is 0. The average Bonchev–Trinajstić information content (AvgIpc) is 2.30. The fourth-order valence-corrected chi connectivity index (χ4v) is 1.98. The van der Waals surface area contributed by atoms with Crippen LogP contribution in [0.15, 0.2) is 6.07 Å². The van der Waals surface area contributed by atoms with Crippen LogP contribution in [-0.2, 0) is 0 Å². The molecule has 0 bridgehead atoms. The molecule has 3 heteroatoms. The van der Waals surface area contributed by atoms with Crippen LogP contribution in [0.5, 0.6) is 5.75 Å². The van der Waals surface area contributed by atoms with Crippen LogP contribution in [0.3, 0.4) is 0 Å². The lowest BCUT2D eigenvalue weighted by Gasteiger charge is -2.15. The van der Waals surface area contributed by atoms with Gasteiger partial charge in [-0.05, 0) is 44.0 Å². The molecule has 1 aromatic carbocycles. The van der Waals surface area contributed by atoms with E-state index < -0.39 is 0 Å². The van der Waals surface area contributed by atoms with Crippen molar-refractivity contribution >= 4 is 5.78 Å². The molecule has 1 rings (SSSR count). The minimum Gasteiger partial charge on any atom is -0.496 e.